The summed E-state index contributed by atoms with van der Waals surface area (Å²) < 4.78 is 0. The van der Waals surface area contributed by atoms with E-state index in [1.807, 2.05) is 37.4 Å². The van der Waals surface area contributed by atoms with Gasteiger partial charge >= 0.3 is 0 Å². The summed E-state index contributed by atoms with van der Waals surface area (Å²) in [7, 11) is 1.99. The molecule has 126 valence electrons. The van der Waals surface area contributed by atoms with Crippen LogP contribution in [0.25, 0.3) is 0 Å². The number of hydrogen-bond donors (Lipinski definition) is 1. The van der Waals surface area contributed by atoms with Gasteiger partial charge in [0.2, 0.25) is 0 Å². The molecule has 2 aromatic carbocycles. The lowest BCUT2D eigenvalue weighted by molar-refractivity contribution is 0.102. The van der Waals surface area contributed by atoms with Crippen molar-refractivity contribution in [1.82, 2.24) is 4.98 Å². The SMILES string of the molecule is CN(Cc1ccccc1)c1ccc(NC(=O)c2cccc(Cl)c2)cn1. The number of amides is 1. The average molecular weight is 352 g/mol. The normalized spacial score (nSPS) is 10.3. The second-order valence-electron chi connectivity index (χ2n) is 5.71. The van der Waals surface area contributed by atoms with Gasteiger partial charge in [0, 0.05) is 24.2 Å². The summed E-state index contributed by atoms with van der Waals surface area (Å²) in [5, 5.41) is 3.35. The van der Waals surface area contributed by atoms with Crippen LogP contribution in [0.4, 0.5) is 11.5 Å². The largest absolute Gasteiger partial charge is 0.355 e. The highest BCUT2D eigenvalue weighted by molar-refractivity contribution is 6.31. The number of aromatic nitrogens is 1. The molecule has 0 bridgehead atoms. The molecule has 3 aromatic rings. The molecule has 0 aliphatic rings. The van der Waals surface area contributed by atoms with Gasteiger partial charge in [-0.05, 0) is 35.9 Å². The Kier molecular flexibility index (Phi) is 5.31. The predicted octanol–water partition coefficient (Wildman–Crippen LogP) is 4.62. The van der Waals surface area contributed by atoms with Gasteiger partial charge < -0.3 is 10.2 Å². The third-order valence-electron chi connectivity index (χ3n) is 3.75. The molecule has 25 heavy (non-hydrogen) atoms. The summed E-state index contributed by atoms with van der Waals surface area (Å²) in [6.45, 7) is 0.766. The Bertz CT molecular complexity index is 850. The maximum atomic E-state index is 12.2. The lowest BCUT2D eigenvalue weighted by atomic mass is 10.2. The standard InChI is InChI=1S/C20H18ClN3O/c1-24(14-15-6-3-2-4-7-15)19-11-10-18(13-22-19)23-20(25)16-8-5-9-17(21)12-16/h2-13H,14H2,1H3,(H,23,25). The third kappa shape index (κ3) is 4.58. The molecule has 1 aromatic heterocycles. The van der Waals surface area contributed by atoms with E-state index >= 15 is 0 Å². The minimum atomic E-state index is -0.213. The summed E-state index contributed by atoms with van der Waals surface area (Å²) >= 11 is 5.92. The molecule has 0 spiro atoms. The number of carbonyl (C=O) groups is 1. The summed E-state index contributed by atoms with van der Waals surface area (Å²) in [5.74, 6) is 0.624. The summed E-state index contributed by atoms with van der Waals surface area (Å²) in [6.07, 6.45) is 1.65. The van der Waals surface area contributed by atoms with Crippen molar-refractivity contribution in [2.45, 2.75) is 6.54 Å². The van der Waals surface area contributed by atoms with E-state index in [9.17, 15) is 4.79 Å². The lowest BCUT2D eigenvalue weighted by Crippen LogP contribution is -2.18. The smallest absolute Gasteiger partial charge is 0.255 e. The number of hydrogen-bond acceptors (Lipinski definition) is 3. The summed E-state index contributed by atoms with van der Waals surface area (Å²) in [5.41, 5.74) is 2.37. The monoisotopic (exact) mass is 351 g/mol. The van der Waals surface area contributed by atoms with E-state index in [0.717, 1.165) is 12.4 Å². The highest BCUT2D eigenvalue weighted by Gasteiger charge is 2.08. The lowest BCUT2D eigenvalue weighted by Gasteiger charge is -2.18. The maximum Gasteiger partial charge on any atom is 0.255 e. The van der Waals surface area contributed by atoms with Crippen LogP contribution in [-0.4, -0.2) is 17.9 Å². The van der Waals surface area contributed by atoms with E-state index in [1.54, 1.807) is 30.5 Å². The third-order valence-corrected chi connectivity index (χ3v) is 3.98. The van der Waals surface area contributed by atoms with Crippen molar-refractivity contribution >= 4 is 29.0 Å². The Labute approximate surface area is 152 Å². The molecule has 0 saturated heterocycles. The second kappa shape index (κ2) is 7.81. The van der Waals surface area contributed by atoms with Gasteiger partial charge in [0.05, 0.1) is 11.9 Å². The Morgan fingerprint density at radius 3 is 2.56 bits per heavy atom. The van der Waals surface area contributed by atoms with Crippen LogP contribution < -0.4 is 10.2 Å². The second-order valence-corrected chi connectivity index (χ2v) is 6.15. The Morgan fingerprint density at radius 1 is 1.08 bits per heavy atom. The number of benzene rings is 2. The Hall–Kier alpha value is -2.85. The van der Waals surface area contributed by atoms with Crippen LogP contribution in [0, 0.1) is 0 Å². The molecule has 1 amide bonds. The molecule has 0 fully saturated rings. The van der Waals surface area contributed by atoms with Crippen molar-refractivity contribution in [2.24, 2.45) is 0 Å². The van der Waals surface area contributed by atoms with Gasteiger partial charge in [-0.3, -0.25) is 4.79 Å². The highest BCUT2D eigenvalue weighted by atomic mass is 35.5. The first-order valence-corrected chi connectivity index (χ1v) is 8.27. The zero-order valence-corrected chi connectivity index (χ0v) is 14.6. The number of nitrogens with zero attached hydrogens (tertiary/aromatic N) is 2. The van der Waals surface area contributed by atoms with E-state index in [2.05, 4.69) is 27.3 Å². The van der Waals surface area contributed by atoms with Crippen LogP contribution in [-0.2, 0) is 6.54 Å². The van der Waals surface area contributed by atoms with Gasteiger partial charge in [-0.1, -0.05) is 48.0 Å². The number of rotatable bonds is 5. The van der Waals surface area contributed by atoms with Gasteiger partial charge in [0.25, 0.3) is 5.91 Å². The molecule has 0 aliphatic heterocycles. The minimum Gasteiger partial charge on any atom is -0.355 e. The van der Waals surface area contributed by atoms with Crippen LogP contribution in [0.5, 0.6) is 0 Å². The summed E-state index contributed by atoms with van der Waals surface area (Å²) in [4.78, 5) is 18.7. The minimum absolute atomic E-state index is 0.213. The molecule has 0 atom stereocenters. The highest BCUT2D eigenvalue weighted by Crippen LogP contribution is 2.17. The molecular formula is C20H18ClN3O. The van der Waals surface area contributed by atoms with Gasteiger partial charge in [0.15, 0.2) is 0 Å². The first kappa shape index (κ1) is 17.0. The molecule has 3 rings (SSSR count). The van der Waals surface area contributed by atoms with Crippen LogP contribution in [0.3, 0.4) is 0 Å². The number of pyridine rings is 1. The number of anilines is 2. The first-order chi connectivity index (χ1) is 12.1. The number of carbonyl (C=O) groups excluding carboxylic acids is 1. The van der Waals surface area contributed by atoms with E-state index in [1.165, 1.54) is 5.56 Å². The molecule has 0 unspecified atom stereocenters. The fraction of sp³-hybridized carbons (Fsp3) is 0.100. The molecule has 5 heteroatoms. The van der Waals surface area contributed by atoms with Gasteiger partial charge in [-0.2, -0.15) is 0 Å². The van der Waals surface area contributed by atoms with Gasteiger partial charge in [0.1, 0.15) is 5.82 Å². The van der Waals surface area contributed by atoms with Crippen molar-refractivity contribution in [1.29, 1.82) is 0 Å². The topological polar surface area (TPSA) is 45.2 Å². The van der Waals surface area contributed by atoms with E-state index in [4.69, 9.17) is 11.6 Å². The van der Waals surface area contributed by atoms with Crippen LogP contribution in [0.1, 0.15) is 15.9 Å². The fourth-order valence-corrected chi connectivity index (χ4v) is 2.65. The first-order valence-electron chi connectivity index (χ1n) is 7.90. The average Bonchev–Trinajstić information content (AvgIpc) is 2.63. The van der Waals surface area contributed by atoms with Crippen molar-refractivity contribution < 1.29 is 4.79 Å². The van der Waals surface area contributed by atoms with E-state index in [0.29, 0.717) is 16.3 Å². The van der Waals surface area contributed by atoms with Crippen LogP contribution >= 0.6 is 11.6 Å². The maximum absolute atomic E-state index is 12.2. The van der Waals surface area contributed by atoms with Gasteiger partial charge in [-0.25, -0.2) is 4.98 Å². The fourth-order valence-electron chi connectivity index (χ4n) is 2.46. The summed E-state index contributed by atoms with van der Waals surface area (Å²) in [6, 6.07) is 20.8. The van der Waals surface area contributed by atoms with Crippen molar-refractivity contribution in [3.8, 4) is 0 Å². The van der Waals surface area contributed by atoms with Crippen LogP contribution in [0.15, 0.2) is 72.9 Å². The number of halogens is 1. The quantitative estimate of drug-likeness (QED) is 0.729. The Balaban J connectivity index is 1.64. The Morgan fingerprint density at radius 2 is 1.88 bits per heavy atom. The van der Waals surface area contributed by atoms with Gasteiger partial charge in [-0.15, -0.1) is 0 Å². The zero-order valence-electron chi connectivity index (χ0n) is 13.8. The predicted molar refractivity (Wildman–Crippen MR) is 102 cm³/mol. The number of nitrogens with one attached hydrogen (secondary N) is 1. The van der Waals surface area contributed by atoms with Crippen LogP contribution in [0.2, 0.25) is 5.02 Å². The van der Waals surface area contributed by atoms with Crippen molar-refractivity contribution in [3.05, 3.63) is 89.1 Å². The molecule has 1 N–H and O–H groups in total. The molecular weight excluding hydrogens is 334 g/mol. The van der Waals surface area contributed by atoms with Crippen molar-refractivity contribution in [2.75, 3.05) is 17.3 Å². The van der Waals surface area contributed by atoms with E-state index in [-0.39, 0.29) is 5.91 Å². The molecule has 0 saturated carbocycles. The molecule has 1 heterocycles. The molecule has 4 nitrogen and oxygen atoms in total. The molecule has 0 aliphatic carbocycles. The van der Waals surface area contributed by atoms with E-state index < -0.39 is 0 Å². The van der Waals surface area contributed by atoms with Crippen molar-refractivity contribution in [3.63, 3.8) is 0 Å². The zero-order chi connectivity index (χ0) is 17.6. The molecule has 0 radical (unpaired) electrons.